The predicted octanol–water partition coefficient (Wildman–Crippen LogP) is 4.70. The molecule has 5 nitrogen and oxygen atoms in total. The second-order valence-electron chi connectivity index (χ2n) is 7.75. The average Bonchev–Trinajstić information content (AvgIpc) is 3.48. The number of fused-ring (bicyclic) bond motifs is 1. The number of hydrogen-bond donors (Lipinski definition) is 1. The number of nitrogens with zero attached hydrogens (tertiary/aromatic N) is 1. The zero-order chi connectivity index (χ0) is 20.3. The first kappa shape index (κ1) is 18.6. The van der Waals surface area contributed by atoms with E-state index in [1.165, 1.54) is 5.56 Å². The topological polar surface area (TPSA) is 50.8 Å². The van der Waals surface area contributed by atoms with Crippen LogP contribution in [0.3, 0.4) is 0 Å². The summed E-state index contributed by atoms with van der Waals surface area (Å²) in [5.74, 6) is 1.89. The molecule has 1 fully saturated rings. The van der Waals surface area contributed by atoms with Gasteiger partial charge in [-0.25, -0.2) is 4.79 Å². The number of ether oxygens (including phenoxy) is 2. The van der Waals surface area contributed by atoms with Crippen molar-refractivity contribution in [3.8, 4) is 11.5 Å². The van der Waals surface area contributed by atoms with Crippen molar-refractivity contribution >= 4 is 6.03 Å². The predicted molar refractivity (Wildman–Crippen MR) is 115 cm³/mol. The highest BCUT2D eigenvalue weighted by Gasteiger charge is 2.30. The smallest absolute Gasteiger partial charge is 0.318 e. The van der Waals surface area contributed by atoms with E-state index < -0.39 is 0 Å². The Bertz CT molecular complexity index is 984. The molecular formula is C25H24N2O3. The maximum atomic E-state index is 13.1. The molecule has 0 aliphatic carbocycles. The van der Waals surface area contributed by atoms with E-state index >= 15 is 0 Å². The third-order valence-electron chi connectivity index (χ3n) is 5.88. The fraction of sp³-hybridized carbons (Fsp3) is 0.240. The Morgan fingerprint density at radius 2 is 1.57 bits per heavy atom. The molecule has 1 N–H and O–H groups in total. The molecule has 3 aromatic rings. The molecule has 2 amide bonds. The standard InChI is InChI=1S/C25H24N2O3/c28-25(26-24(18-7-3-1-4-8-18)19-9-5-2-6-10-19)27-14-13-21(16-27)20-11-12-22-23(15-20)30-17-29-22/h1-12,15,21,24H,13-14,16-17H2,(H,26,28)/t21-/m0/s1. The Morgan fingerprint density at radius 1 is 0.900 bits per heavy atom. The first-order valence-corrected chi connectivity index (χ1v) is 10.3. The summed E-state index contributed by atoms with van der Waals surface area (Å²) in [5, 5.41) is 3.25. The maximum absolute atomic E-state index is 13.1. The van der Waals surface area contributed by atoms with Gasteiger partial charge in [0.15, 0.2) is 11.5 Å². The second kappa shape index (κ2) is 8.11. The summed E-state index contributed by atoms with van der Waals surface area (Å²) in [7, 11) is 0. The van der Waals surface area contributed by atoms with Crippen LogP contribution in [0.1, 0.15) is 35.1 Å². The number of benzene rings is 3. The molecule has 2 aliphatic rings. The van der Waals surface area contributed by atoms with Crippen molar-refractivity contribution in [2.75, 3.05) is 19.9 Å². The van der Waals surface area contributed by atoms with Crippen molar-refractivity contribution in [2.24, 2.45) is 0 Å². The SMILES string of the molecule is O=C(NC(c1ccccc1)c1ccccc1)N1CC[C@H](c2ccc3c(c2)OCO3)C1. The molecule has 2 heterocycles. The summed E-state index contributed by atoms with van der Waals surface area (Å²) in [6, 6.07) is 26.1. The zero-order valence-electron chi connectivity index (χ0n) is 16.7. The molecule has 0 unspecified atom stereocenters. The van der Waals surface area contributed by atoms with Gasteiger partial charge in [0, 0.05) is 19.0 Å². The summed E-state index contributed by atoms with van der Waals surface area (Å²) in [6.45, 7) is 1.71. The van der Waals surface area contributed by atoms with Crippen LogP contribution in [0, 0.1) is 0 Å². The van der Waals surface area contributed by atoms with Crippen LogP contribution in [0.4, 0.5) is 4.79 Å². The quantitative estimate of drug-likeness (QED) is 0.690. The van der Waals surface area contributed by atoms with Crippen LogP contribution in [0.5, 0.6) is 11.5 Å². The molecule has 0 aromatic heterocycles. The first-order valence-electron chi connectivity index (χ1n) is 10.3. The third-order valence-corrected chi connectivity index (χ3v) is 5.88. The number of urea groups is 1. The van der Waals surface area contributed by atoms with Crippen LogP contribution < -0.4 is 14.8 Å². The molecule has 3 aromatic carbocycles. The highest BCUT2D eigenvalue weighted by Crippen LogP contribution is 2.37. The van der Waals surface area contributed by atoms with Crippen molar-refractivity contribution in [1.29, 1.82) is 0 Å². The molecule has 1 atom stereocenters. The van der Waals surface area contributed by atoms with E-state index in [0.29, 0.717) is 12.5 Å². The molecule has 30 heavy (non-hydrogen) atoms. The fourth-order valence-electron chi connectivity index (χ4n) is 4.25. The largest absolute Gasteiger partial charge is 0.454 e. The third kappa shape index (κ3) is 3.71. The number of nitrogens with one attached hydrogen (secondary N) is 1. The van der Waals surface area contributed by atoms with Gasteiger partial charge in [-0.3, -0.25) is 0 Å². The summed E-state index contributed by atoms with van der Waals surface area (Å²) >= 11 is 0. The monoisotopic (exact) mass is 400 g/mol. The van der Waals surface area contributed by atoms with Crippen molar-refractivity contribution < 1.29 is 14.3 Å². The number of carbonyl (C=O) groups excluding carboxylic acids is 1. The van der Waals surface area contributed by atoms with Crippen LogP contribution in [-0.4, -0.2) is 30.8 Å². The lowest BCUT2D eigenvalue weighted by atomic mass is 9.98. The van der Waals surface area contributed by atoms with Crippen LogP contribution >= 0.6 is 0 Å². The summed E-state index contributed by atoms with van der Waals surface area (Å²) in [5.41, 5.74) is 3.34. The van der Waals surface area contributed by atoms with Crippen molar-refractivity contribution in [1.82, 2.24) is 10.2 Å². The van der Waals surface area contributed by atoms with Gasteiger partial charge in [-0.05, 0) is 35.2 Å². The molecule has 0 saturated carbocycles. The summed E-state index contributed by atoms with van der Waals surface area (Å²) in [6.07, 6.45) is 0.939. The van der Waals surface area contributed by atoms with Gasteiger partial charge in [-0.15, -0.1) is 0 Å². The van der Waals surface area contributed by atoms with Gasteiger partial charge in [0.2, 0.25) is 6.79 Å². The minimum Gasteiger partial charge on any atom is -0.454 e. The molecule has 1 saturated heterocycles. The van der Waals surface area contributed by atoms with Crippen LogP contribution in [0.25, 0.3) is 0 Å². The van der Waals surface area contributed by atoms with E-state index in [1.807, 2.05) is 53.4 Å². The molecule has 0 radical (unpaired) electrons. The van der Waals surface area contributed by atoms with E-state index in [2.05, 4.69) is 35.6 Å². The van der Waals surface area contributed by atoms with Gasteiger partial charge in [-0.2, -0.15) is 0 Å². The molecule has 5 rings (SSSR count). The minimum absolute atomic E-state index is 0.0315. The van der Waals surface area contributed by atoms with Crippen molar-refractivity contribution in [2.45, 2.75) is 18.4 Å². The average molecular weight is 400 g/mol. The molecule has 0 spiro atoms. The molecule has 152 valence electrons. The summed E-state index contributed by atoms with van der Waals surface area (Å²) in [4.78, 5) is 15.0. The highest BCUT2D eigenvalue weighted by molar-refractivity contribution is 5.76. The minimum atomic E-state index is -0.176. The molecule has 5 heteroatoms. The van der Waals surface area contributed by atoms with Gasteiger partial charge >= 0.3 is 6.03 Å². The number of likely N-dealkylation sites (tertiary alicyclic amines) is 1. The number of carbonyl (C=O) groups is 1. The van der Waals surface area contributed by atoms with Crippen LogP contribution in [-0.2, 0) is 0 Å². The lowest BCUT2D eigenvalue weighted by Crippen LogP contribution is -2.40. The van der Waals surface area contributed by atoms with E-state index in [1.54, 1.807) is 0 Å². The Balaban J connectivity index is 1.30. The van der Waals surface area contributed by atoms with Gasteiger partial charge in [-0.1, -0.05) is 66.7 Å². The lowest BCUT2D eigenvalue weighted by Gasteiger charge is -2.24. The first-order chi connectivity index (χ1) is 14.8. The van der Waals surface area contributed by atoms with Crippen LogP contribution in [0.15, 0.2) is 78.9 Å². The second-order valence-corrected chi connectivity index (χ2v) is 7.75. The van der Waals surface area contributed by atoms with E-state index in [4.69, 9.17) is 9.47 Å². The van der Waals surface area contributed by atoms with Gasteiger partial charge in [0.05, 0.1) is 6.04 Å². The van der Waals surface area contributed by atoms with Crippen LogP contribution in [0.2, 0.25) is 0 Å². The number of amides is 2. The van der Waals surface area contributed by atoms with E-state index in [-0.39, 0.29) is 18.9 Å². The highest BCUT2D eigenvalue weighted by atomic mass is 16.7. The normalized spacial score (nSPS) is 17.4. The fourth-order valence-corrected chi connectivity index (χ4v) is 4.25. The Kier molecular flexibility index (Phi) is 5.01. The number of hydrogen-bond acceptors (Lipinski definition) is 3. The Labute approximate surface area is 176 Å². The molecule has 2 aliphatic heterocycles. The number of rotatable bonds is 4. The van der Waals surface area contributed by atoms with Crippen molar-refractivity contribution in [3.05, 3.63) is 95.6 Å². The van der Waals surface area contributed by atoms with Gasteiger partial charge in [0.1, 0.15) is 0 Å². The van der Waals surface area contributed by atoms with Crippen molar-refractivity contribution in [3.63, 3.8) is 0 Å². The lowest BCUT2D eigenvalue weighted by molar-refractivity contribution is 0.174. The maximum Gasteiger partial charge on any atom is 0.318 e. The Hall–Kier alpha value is -3.47. The zero-order valence-corrected chi connectivity index (χ0v) is 16.7. The van der Waals surface area contributed by atoms with E-state index in [0.717, 1.165) is 35.6 Å². The van der Waals surface area contributed by atoms with Gasteiger partial charge < -0.3 is 19.7 Å². The van der Waals surface area contributed by atoms with E-state index in [9.17, 15) is 4.79 Å². The Morgan fingerprint density at radius 3 is 2.27 bits per heavy atom. The van der Waals surface area contributed by atoms with Gasteiger partial charge in [0.25, 0.3) is 0 Å². The molecular weight excluding hydrogens is 376 g/mol. The molecule has 0 bridgehead atoms. The summed E-state index contributed by atoms with van der Waals surface area (Å²) < 4.78 is 10.9.